The topological polar surface area (TPSA) is 35.5 Å². The van der Waals surface area contributed by atoms with Crippen molar-refractivity contribution >= 4 is 5.97 Å². The van der Waals surface area contributed by atoms with Gasteiger partial charge in [-0.2, -0.15) is 0 Å². The first kappa shape index (κ1) is 31.2. The number of benzene rings is 2. The molecule has 1 fully saturated rings. The standard InChI is InChI=1S/C35H51FO3/c1-3-5-7-8-9-11-14-30-20-25-34(33(36)27-30)39-35(37)31-21-23-32(24-22-31)38-26-12-15-29-18-16-28(17-19-29)13-10-6-4-2/h20-25,27-29H,3-19,26H2,1-2H3. The molecular formula is C35H51FO3. The summed E-state index contributed by atoms with van der Waals surface area (Å²) in [5.74, 6) is 1.47. The Labute approximate surface area is 236 Å². The molecule has 4 heteroatoms. The van der Waals surface area contributed by atoms with Gasteiger partial charge in [-0.25, -0.2) is 9.18 Å². The van der Waals surface area contributed by atoms with Crippen molar-refractivity contribution in [2.24, 2.45) is 11.8 Å². The van der Waals surface area contributed by atoms with Gasteiger partial charge in [0.1, 0.15) is 5.75 Å². The second-order valence-electron chi connectivity index (χ2n) is 11.6. The van der Waals surface area contributed by atoms with E-state index in [0.717, 1.165) is 48.8 Å². The van der Waals surface area contributed by atoms with E-state index < -0.39 is 11.8 Å². The highest BCUT2D eigenvalue weighted by molar-refractivity contribution is 5.91. The molecule has 0 aromatic heterocycles. The van der Waals surface area contributed by atoms with E-state index in [0.29, 0.717) is 12.2 Å². The molecule has 3 rings (SSSR count). The summed E-state index contributed by atoms with van der Waals surface area (Å²) in [7, 11) is 0. The molecule has 1 saturated carbocycles. The summed E-state index contributed by atoms with van der Waals surface area (Å²) in [6.45, 7) is 5.18. The van der Waals surface area contributed by atoms with Crippen LogP contribution in [0, 0.1) is 17.7 Å². The Morgan fingerprint density at radius 3 is 2.05 bits per heavy atom. The van der Waals surface area contributed by atoms with Crippen molar-refractivity contribution in [3.8, 4) is 11.5 Å². The average Bonchev–Trinajstić information content (AvgIpc) is 2.95. The third-order valence-electron chi connectivity index (χ3n) is 8.32. The molecule has 0 spiro atoms. The lowest BCUT2D eigenvalue weighted by atomic mass is 9.78. The minimum atomic E-state index is -0.561. The Morgan fingerprint density at radius 2 is 1.38 bits per heavy atom. The van der Waals surface area contributed by atoms with Gasteiger partial charge in [0.2, 0.25) is 0 Å². The van der Waals surface area contributed by atoms with Gasteiger partial charge in [0.05, 0.1) is 12.2 Å². The van der Waals surface area contributed by atoms with Crippen LogP contribution in [-0.4, -0.2) is 12.6 Å². The maximum Gasteiger partial charge on any atom is 0.343 e. The summed E-state index contributed by atoms with van der Waals surface area (Å²) in [5, 5.41) is 0. The Balaban J connectivity index is 1.33. The second kappa shape index (κ2) is 18.1. The van der Waals surface area contributed by atoms with Gasteiger partial charge < -0.3 is 9.47 Å². The van der Waals surface area contributed by atoms with Crippen molar-refractivity contribution in [1.29, 1.82) is 0 Å². The van der Waals surface area contributed by atoms with Crippen LogP contribution in [0.2, 0.25) is 0 Å². The molecule has 3 nitrogen and oxygen atoms in total. The molecular weight excluding hydrogens is 487 g/mol. The van der Waals surface area contributed by atoms with E-state index in [2.05, 4.69) is 13.8 Å². The van der Waals surface area contributed by atoms with Gasteiger partial charge >= 0.3 is 5.97 Å². The number of rotatable bonds is 18. The number of esters is 1. The summed E-state index contributed by atoms with van der Waals surface area (Å²) >= 11 is 0. The molecule has 0 aliphatic heterocycles. The van der Waals surface area contributed by atoms with Gasteiger partial charge in [0.25, 0.3) is 0 Å². The molecule has 0 radical (unpaired) electrons. The fourth-order valence-corrected chi connectivity index (χ4v) is 5.79. The summed E-state index contributed by atoms with van der Waals surface area (Å²) < 4.78 is 25.8. The minimum Gasteiger partial charge on any atom is -0.494 e. The lowest BCUT2D eigenvalue weighted by Gasteiger charge is -2.28. The zero-order chi connectivity index (χ0) is 27.7. The SMILES string of the molecule is CCCCCCCCc1ccc(OC(=O)c2ccc(OCCCC3CCC(CCCCC)CC3)cc2)c(F)c1. The van der Waals surface area contributed by atoms with Crippen LogP contribution in [0.15, 0.2) is 42.5 Å². The van der Waals surface area contributed by atoms with Crippen LogP contribution in [0.25, 0.3) is 0 Å². The molecule has 39 heavy (non-hydrogen) atoms. The monoisotopic (exact) mass is 538 g/mol. The van der Waals surface area contributed by atoms with Crippen LogP contribution < -0.4 is 9.47 Å². The third kappa shape index (κ3) is 11.7. The van der Waals surface area contributed by atoms with E-state index in [-0.39, 0.29) is 5.75 Å². The Hall–Kier alpha value is -2.36. The van der Waals surface area contributed by atoms with Gasteiger partial charge in [0.15, 0.2) is 11.6 Å². The zero-order valence-electron chi connectivity index (χ0n) is 24.5. The van der Waals surface area contributed by atoms with Crippen LogP contribution >= 0.6 is 0 Å². The lowest BCUT2D eigenvalue weighted by molar-refractivity contribution is 0.0727. The molecule has 216 valence electrons. The van der Waals surface area contributed by atoms with Crippen molar-refractivity contribution in [2.45, 2.75) is 123 Å². The Bertz CT molecular complexity index is 947. The molecule has 0 heterocycles. The lowest BCUT2D eigenvalue weighted by Crippen LogP contribution is -2.15. The van der Waals surface area contributed by atoms with Crippen LogP contribution in [0.3, 0.4) is 0 Å². The maximum absolute atomic E-state index is 14.6. The van der Waals surface area contributed by atoms with E-state index in [1.54, 1.807) is 30.3 Å². The van der Waals surface area contributed by atoms with E-state index in [4.69, 9.17) is 9.47 Å². The van der Waals surface area contributed by atoms with Crippen molar-refractivity contribution in [3.63, 3.8) is 0 Å². The van der Waals surface area contributed by atoms with E-state index in [1.807, 2.05) is 6.07 Å². The van der Waals surface area contributed by atoms with Crippen LogP contribution in [0.4, 0.5) is 4.39 Å². The number of ether oxygens (including phenoxy) is 2. The molecule has 0 saturated heterocycles. The summed E-state index contributed by atoms with van der Waals surface area (Å²) in [4.78, 5) is 12.6. The van der Waals surface area contributed by atoms with Gasteiger partial charge in [-0.15, -0.1) is 0 Å². The van der Waals surface area contributed by atoms with Gasteiger partial charge in [-0.3, -0.25) is 0 Å². The largest absolute Gasteiger partial charge is 0.494 e. The van der Waals surface area contributed by atoms with Crippen LogP contribution in [-0.2, 0) is 6.42 Å². The number of halogens is 1. The van der Waals surface area contributed by atoms with Crippen LogP contribution in [0.5, 0.6) is 11.5 Å². The number of carbonyl (C=O) groups excluding carboxylic acids is 1. The molecule has 0 N–H and O–H groups in total. The first-order chi connectivity index (χ1) is 19.1. The molecule has 0 amide bonds. The van der Waals surface area contributed by atoms with E-state index >= 15 is 0 Å². The summed E-state index contributed by atoms with van der Waals surface area (Å²) in [5.41, 5.74) is 1.33. The predicted octanol–water partition coefficient (Wildman–Crippen LogP) is 10.5. The molecule has 1 aliphatic rings. The summed E-state index contributed by atoms with van der Waals surface area (Å²) in [6, 6.07) is 11.9. The second-order valence-corrected chi connectivity index (χ2v) is 11.6. The molecule has 0 bridgehead atoms. The smallest absolute Gasteiger partial charge is 0.343 e. The minimum absolute atomic E-state index is 0.0259. The highest BCUT2D eigenvalue weighted by atomic mass is 19.1. The van der Waals surface area contributed by atoms with Gasteiger partial charge in [0, 0.05) is 0 Å². The first-order valence-corrected chi connectivity index (χ1v) is 15.8. The van der Waals surface area contributed by atoms with Gasteiger partial charge in [-0.05, 0) is 79.5 Å². The van der Waals surface area contributed by atoms with Crippen molar-refractivity contribution < 1.29 is 18.7 Å². The van der Waals surface area contributed by atoms with E-state index in [9.17, 15) is 9.18 Å². The Morgan fingerprint density at radius 1 is 0.769 bits per heavy atom. The fourth-order valence-electron chi connectivity index (χ4n) is 5.79. The third-order valence-corrected chi connectivity index (χ3v) is 8.32. The molecule has 2 aromatic rings. The van der Waals surface area contributed by atoms with Crippen molar-refractivity contribution in [1.82, 2.24) is 0 Å². The number of aryl methyl sites for hydroxylation is 1. The normalized spacial score (nSPS) is 17.2. The van der Waals surface area contributed by atoms with Crippen molar-refractivity contribution in [3.05, 3.63) is 59.4 Å². The number of unbranched alkanes of at least 4 members (excludes halogenated alkanes) is 7. The van der Waals surface area contributed by atoms with Crippen LogP contribution in [0.1, 0.15) is 133 Å². The average molecular weight is 539 g/mol. The molecule has 0 atom stereocenters. The molecule has 1 aliphatic carbocycles. The quantitative estimate of drug-likeness (QED) is 0.108. The number of carbonyl (C=O) groups is 1. The van der Waals surface area contributed by atoms with E-state index in [1.165, 1.54) is 89.5 Å². The molecule has 2 aromatic carbocycles. The fraction of sp³-hybridized carbons (Fsp3) is 0.629. The number of hydrogen-bond acceptors (Lipinski definition) is 3. The van der Waals surface area contributed by atoms with Gasteiger partial charge in [-0.1, -0.05) is 103 Å². The van der Waals surface area contributed by atoms with Crippen molar-refractivity contribution in [2.75, 3.05) is 6.61 Å². The molecule has 0 unspecified atom stereocenters. The predicted molar refractivity (Wildman–Crippen MR) is 159 cm³/mol. The Kier molecular flexibility index (Phi) is 14.4. The highest BCUT2D eigenvalue weighted by Crippen LogP contribution is 2.34. The zero-order valence-corrected chi connectivity index (χ0v) is 24.5. The maximum atomic E-state index is 14.6. The first-order valence-electron chi connectivity index (χ1n) is 15.8. The number of hydrogen-bond donors (Lipinski definition) is 0. The summed E-state index contributed by atoms with van der Waals surface area (Å²) in [6.07, 6.45) is 21.4. The highest BCUT2D eigenvalue weighted by Gasteiger charge is 2.20.